The normalized spacial score (nSPS) is 16.5. The average molecular weight is 303 g/mol. The molecular formula is C17H29N5. The third-order valence-electron chi connectivity index (χ3n) is 3.85. The van der Waals surface area contributed by atoms with E-state index < -0.39 is 0 Å². The lowest BCUT2D eigenvalue weighted by atomic mass is 10.2. The number of nitrogens with zero attached hydrogens (tertiary/aromatic N) is 3. The van der Waals surface area contributed by atoms with Crippen molar-refractivity contribution in [2.45, 2.75) is 52.1 Å². The first-order valence-electron chi connectivity index (χ1n) is 8.36. The van der Waals surface area contributed by atoms with Crippen molar-refractivity contribution in [1.29, 1.82) is 0 Å². The summed E-state index contributed by atoms with van der Waals surface area (Å²) in [5, 5.41) is 6.65. The molecule has 1 aliphatic heterocycles. The van der Waals surface area contributed by atoms with Crippen molar-refractivity contribution >= 4 is 11.8 Å². The van der Waals surface area contributed by atoms with Gasteiger partial charge in [0, 0.05) is 38.9 Å². The van der Waals surface area contributed by atoms with Crippen molar-refractivity contribution in [3.63, 3.8) is 0 Å². The standard InChI is InChI=1S/C17H29N5/c1-14(2)21-17(18-3)20-13-15-8-9-19-16(12-15)22-10-6-4-5-7-11-22/h8-9,12,14H,4-7,10-11,13H2,1-3H3,(H2,18,20,21). The molecule has 5 nitrogen and oxygen atoms in total. The highest BCUT2D eigenvalue weighted by atomic mass is 15.2. The Morgan fingerprint density at radius 2 is 2.00 bits per heavy atom. The van der Waals surface area contributed by atoms with E-state index in [-0.39, 0.29) is 0 Å². The zero-order valence-electron chi connectivity index (χ0n) is 14.1. The summed E-state index contributed by atoms with van der Waals surface area (Å²) >= 11 is 0. The fourth-order valence-electron chi connectivity index (χ4n) is 2.70. The van der Waals surface area contributed by atoms with Crippen LogP contribution in [0.3, 0.4) is 0 Å². The summed E-state index contributed by atoms with van der Waals surface area (Å²) in [5.41, 5.74) is 1.24. The van der Waals surface area contributed by atoms with Crippen molar-refractivity contribution in [2.75, 3.05) is 25.0 Å². The third-order valence-corrected chi connectivity index (χ3v) is 3.85. The molecular weight excluding hydrogens is 274 g/mol. The molecule has 0 aliphatic carbocycles. The van der Waals surface area contributed by atoms with Gasteiger partial charge in [-0.25, -0.2) is 4.98 Å². The quantitative estimate of drug-likeness (QED) is 0.663. The predicted octanol–water partition coefficient (Wildman–Crippen LogP) is 2.54. The van der Waals surface area contributed by atoms with Crippen LogP contribution >= 0.6 is 0 Å². The van der Waals surface area contributed by atoms with Gasteiger partial charge in [0.2, 0.25) is 0 Å². The maximum atomic E-state index is 4.55. The van der Waals surface area contributed by atoms with Gasteiger partial charge in [-0.05, 0) is 44.4 Å². The van der Waals surface area contributed by atoms with Gasteiger partial charge in [0.15, 0.2) is 5.96 Å². The van der Waals surface area contributed by atoms with E-state index >= 15 is 0 Å². The fourth-order valence-corrected chi connectivity index (χ4v) is 2.70. The van der Waals surface area contributed by atoms with Gasteiger partial charge in [0.05, 0.1) is 0 Å². The second-order valence-electron chi connectivity index (χ2n) is 6.15. The van der Waals surface area contributed by atoms with Gasteiger partial charge < -0.3 is 15.5 Å². The zero-order valence-corrected chi connectivity index (χ0v) is 14.1. The van der Waals surface area contributed by atoms with Crippen molar-refractivity contribution < 1.29 is 0 Å². The highest BCUT2D eigenvalue weighted by molar-refractivity contribution is 5.79. The van der Waals surface area contributed by atoms with Crippen molar-refractivity contribution in [3.05, 3.63) is 23.9 Å². The molecule has 2 heterocycles. The van der Waals surface area contributed by atoms with E-state index in [1.54, 1.807) is 7.05 Å². The van der Waals surface area contributed by atoms with Gasteiger partial charge in [0.1, 0.15) is 5.82 Å². The molecule has 22 heavy (non-hydrogen) atoms. The Hall–Kier alpha value is -1.78. The van der Waals surface area contributed by atoms with E-state index in [1.807, 2.05) is 6.20 Å². The van der Waals surface area contributed by atoms with E-state index in [4.69, 9.17) is 0 Å². The fraction of sp³-hybridized carbons (Fsp3) is 0.647. The number of anilines is 1. The molecule has 0 saturated carbocycles. The van der Waals surface area contributed by atoms with Crippen LogP contribution in [0, 0.1) is 0 Å². The number of rotatable bonds is 4. The molecule has 1 fully saturated rings. The molecule has 1 aromatic heterocycles. The number of aliphatic imine (C=N–C) groups is 1. The summed E-state index contributed by atoms with van der Waals surface area (Å²) in [4.78, 5) is 11.2. The van der Waals surface area contributed by atoms with E-state index in [0.717, 1.165) is 31.4 Å². The molecule has 0 radical (unpaired) electrons. The van der Waals surface area contributed by atoms with Crippen LogP contribution in [0.5, 0.6) is 0 Å². The van der Waals surface area contributed by atoms with Crippen LogP contribution in [-0.2, 0) is 6.54 Å². The highest BCUT2D eigenvalue weighted by Crippen LogP contribution is 2.18. The maximum Gasteiger partial charge on any atom is 0.191 e. The van der Waals surface area contributed by atoms with Crippen LogP contribution in [0.15, 0.2) is 23.3 Å². The van der Waals surface area contributed by atoms with Crippen molar-refractivity contribution in [2.24, 2.45) is 4.99 Å². The number of guanidine groups is 1. The van der Waals surface area contributed by atoms with Gasteiger partial charge >= 0.3 is 0 Å². The summed E-state index contributed by atoms with van der Waals surface area (Å²) in [6.45, 7) is 7.23. The molecule has 0 bridgehead atoms. The second kappa shape index (κ2) is 8.61. The number of hydrogen-bond donors (Lipinski definition) is 2. The largest absolute Gasteiger partial charge is 0.357 e. The summed E-state index contributed by atoms with van der Waals surface area (Å²) in [6.07, 6.45) is 7.14. The second-order valence-corrected chi connectivity index (χ2v) is 6.15. The lowest BCUT2D eigenvalue weighted by Gasteiger charge is -2.22. The predicted molar refractivity (Wildman–Crippen MR) is 93.4 cm³/mol. The molecule has 122 valence electrons. The summed E-state index contributed by atoms with van der Waals surface area (Å²) in [7, 11) is 1.80. The molecule has 0 unspecified atom stereocenters. The van der Waals surface area contributed by atoms with Gasteiger partial charge in [-0.15, -0.1) is 0 Å². The summed E-state index contributed by atoms with van der Waals surface area (Å²) < 4.78 is 0. The molecule has 0 spiro atoms. The topological polar surface area (TPSA) is 52.6 Å². The van der Waals surface area contributed by atoms with Gasteiger partial charge in [-0.3, -0.25) is 4.99 Å². The first kappa shape index (κ1) is 16.6. The molecule has 0 aromatic carbocycles. The third kappa shape index (κ3) is 5.20. The van der Waals surface area contributed by atoms with Crippen molar-refractivity contribution in [1.82, 2.24) is 15.6 Å². The SMILES string of the molecule is CN=C(NCc1ccnc(N2CCCCCC2)c1)NC(C)C. The molecule has 1 aliphatic rings. The molecule has 2 rings (SSSR count). The Morgan fingerprint density at radius 1 is 1.27 bits per heavy atom. The lowest BCUT2D eigenvalue weighted by molar-refractivity contribution is 0.699. The molecule has 1 aromatic rings. The first-order valence-corrected chi connectivity index (χ1v) is 8.36. The van der Waals surface area contributed by atoms with E-state index in [0.29, 0.717) is 6.04 Å². The minimum absolute atomic E-state index is 0.372. The van der Waals surface area contributed by atoms with Crippen LogP contribution < -0.4 is 15.5 Å². The zero-order chi connectivity index (χ0) is 15.8. The number of aromatic nitrogens is 1. The van der Waals surface area contributed by atoms with Gasteiger partial charge in [-0.1, -0.05) is 12.8 Å². The van der Waals surface area contributed by atoms with E-state index in [1.165, 1.54) is 31.2 Å². The molecule has 1 saturated heterocycles. The smallest absolute Gasteiger partial charge is 0.191 e. The minimum Gasteiger partial charge on any atom is -0.357 e. The van der Waals surface area contributed by atoms with Crippen molar-refractivity contribution in [3.8, 4) is 0 Å². The minimum atomic E-state index is 0.372. The number of nitrogens with one attached hydrogen (secondary N) is 2. The maximum absolute atomic E-state index is 4.55. The summed E-state index contributed by atoms with van der Waals surface area (Å²) in [6, 6.07) is 4.63. The Kier molecular flexibility index (Phi) is 6.49. The molecule has 2 N–H and O–H groups in total. The Bertz CT molecular complexity index is 476. The molecule has 5 heteroatoms. The molecule has 0 atom stereocenters. The van der Waals surface area contributed by atoms with Crippen LogP contribution in [-0.4, -0.2) is 37.1 Å². The Morgan fingerprint density at radius 3 is 2.64 bits per heavy atom. The van der Waals surface area contributed by atoms with E-state index in [2.05, 4.69) is 51.5 Å². The van der Waals surface area contributed by atoms with Crippen LogP contribution in [0.25, 0.3) is 0 Å². The van der Waals surface area contributed by atoms with E-state index in [9.17, 15) is 0 Å². The number of hydrogen-bond acceptors (Lipinski definition) is 3. The number of pyridine rings is 1. The van der Waals surface area contributed by atoms with Gasteiger partial charge in [0.25, 0.3) is 0 Å². The lowest BCUT2D eigenvalue weighted by Crippen LogP contribution is -2.40. The highest BCUT2D eigenvalue weighted by Gasteiger charge is 2.11. The van der Waals surface area contributed by atoms with Gasteiger partial charge in [-0.2, -0.15) is 0 Å². The first-order chi connectivity index (χ1) is 10.7. The Labute approximate surface area is 134 Å². The van der Waals surface area contributed by atoms with Crippen LogP contribution in [0.2, 0.25) is 0 Å². The van der Waals surface area contributed by atoms with Crippen LogP contribution in [0.4, 0.5) is 5.82 Å². The molecule has 0 amide bonds. The average Bonchev–Trinajstić information content (AvgIpc) is 2.80. The summed E-state index contributed by atoms with van der Waals surface area (Å²) in [5.74, 6) is 1.94. The van der Waals surface area contributed by atoms with Crippen LogP contribution in [0.1, 0.15) is 45.1 Å². The monoisotopic (exact) mass is 303 g/mol. The Balaban J connectivity index is 1.96.